The molecule has 192 valence electrons. The molecular weight excluding hydrogens is 503 g/mol. The number of carbonyl (C=O) groups is 1. The smallest absolute Gasteiger partial charge is 0.255 e. The first-order valence-corrected chi connectivity index (χ1v) is 12.7. The maximum Gasteiger partial charge on any atom is 0.255 e. The third kappa shape index (κ3) is 4.27. The highest BCUT2D eigenvalue weighted by molar-refractivity contribution is 6.04. The highest BCUT2D eigenvalue weighted by Crippen LogP contribution is 2.34. The van der Waals surface area contributed by atoms with Gasteiger partial charge in [-0.2, -0.15) is 5.10 Å². The van der Waals surface area contributed by atoms with Gasteiger partial charge in [0.05, 0.1) is 28.8 Å². The molecule has 8 heteroatoms. The Hall–Kier alpha value is -5.63. The molecule has 0 aliphatic carbocycles. The van der Waals surface area contributed by atoms with Gasteiger partial charge >= 0.3 is 0 Å². The number of aromatic nitrogens is 5. The first-order valence-electron chi connectivity index (χ1n) is 12.7. The predicted octanol–water partition coefficient (Wildman–Crippen LogP) is 7.23. The maximum absolute atomic E-state index is 13.9. The van der Waals surface area contributed by atoms with E-state index in [0.29, 0.717) is 28.2 Å². The quantitative estimate of drug-likeness (QED) is 0.221. The molecule has 0 spiro atoms. The zero-order valence-corrected chi connectivity index (χ0v) is 21.0. The van der Waals surface area contributed by atoms with Crippen molar-refractivity contribution in [1.82, 2.24) is 25.1 Å². The minimum Gasteiger partial charge on any atom is -0.353 e. The fourth-order valence-corrected chi connectivity index (χ4v) is 4.88. The maximum atomic E-state index is 13.9. The van der Waals surface area contributed by atoms with Gasteiger partial charge in [0, 0.05) is 28.2 Å². The van der Waals surface area contributed by atoms with Gasteiger partial charge in [0.2, 0.25) is 0 Å². The Morgan fingerprint density at radius 3 is 2.55 bits per heavy atom. The monoisotopic (exact) mass is 524 g/mol. The number of nitrogens with one attached hydrogen (secondary N) is 3. The molecule has 0 radical (unpaired) electrons. The molecule has 1 amide bonds. The normalized spacial score (nSPS) is 11.2. The Labute approximate surface area is 227 Å². The predicted molar refractivity (Wildman–Crippen MR) is 154 cm³/mol. The highest BCUT2D eigenvalue weighted by Gasteiger charge is 2.16. The molecule has 0 atom stereocenters. The lowest BCUT2D eigenvalue weighted by Gasteiger charge is -2.07. The van der Waals surface area contributed by atoms with Crippen molar-refractivity contribution >= 4 is 33.5 Å². The van der Waals surface area contributed by atoms with E-state index in [4.69, 9.17) is 4.98 Å². The zero-order valence-electron chi connectivity index (χ0n) is 21.0. The largest absolute Gasteiger partial charge is 0.353 e. The SMILES string of the molecule is O=C(Nc1cncc(-c2ccc3[nH]nc(-c4cc5c(-c6cccc(F)c6)cccc5[nH]4)c3n2)c1)c1ccccc1. The topological polar surface area (TPSA) is 99.4 Å². The van der Waals surface area contributed by atoms with E-state index >= 15 is 0 Å². The zero-order chi connectivity index (χ0) is 27.1. The van der Waals surface area contributed by atoms with Crippen molar-refractivity contribution in [2.24, 2.45) is 0 Å². The van der Waals surface area contributed by atoms with Gasteiger partial charge < -0.3 is 10.3 Å². The van der Waals surface area contributed by atoms with E-state index in [1.165, 1.54) is 12.1 Å². The lowest BCUT2D eigenvalue weighted by Crippen LogP contribution is -2.11. The van der Waals surface area contributed by atoms with Crippen molar-refractivity contribution in [2.45, 2.75) is 0 Å². The van der Waals surface area contributed by atoms with Crippen molar-refractivity contribution in [1.29, 1.82) is 0 Å². The van der Waals surface area contributed by atoms with Gasteiger partial charge in [-0.1, -0.05) is 42.5 Å². The van der Waals surface area contributed by atoms with Crippen molar-refractivity contribution < 1.29 is 9.18 Å². The molecule has 3 N–H and O–H groups in total. The minimum absolute atomic E-state index is 0.212. The number of carbonyl (C=O) groups excluding carboxylic acids is 1. The Balaban J connectivity index is 1.25. The molecule has 7 rings (SSSR count). The number of anilines is 1. The molecule has 7 nitrogen and oxygen atoms in total. The van der Waals surface area contributed by atoms with Crippen LogP contribution in [0.4, 0.5) is 10.1 Å². The third-order valence-electron chi connectivity index (χ3n) is 6.79. The van der Waals surface area contributed by atoms with Crippen LogP contribution < -0.4 is 5.32 Å². The van der Waals surface area contributed by atoms with Crippen LogP contribution in [-0.4, -0.2) is 31.1 Å². The van der Waals surface area contributed by atoms with Crippen LogP contribution in [0.1, 0.15) is 10.4 Å². The molecule has 0 bridgehead atoms. The molecule has 4 heterocycles. The second kappa shape index (κ2) is 9.59. The average molecular weight is 525 g/mol. The first kappa shape index (κ1) is 23.5. The Morgan fingerprint density at radius 1 is 0.800 bits per heavy atom. The molecule has 4 aromatic heterocycles. The van der Waals surface area contributed by atoms with Crippen LogP contribution in [0.3, 0.4) is 0 Å². The number of hydrogen-bond donors (Lipinski definition) is 3. The molecule has 0 aliphatic rings. The lowest BCUT2D eigenvalue weighted by molar-refractivity contribution is 0.102. The summed E-state index contributed by atoms with van der Waals surface area (Å²) in [5, 5.41) is 11.5. The second-order valence-electron chi connectivity index (χ2n) is 9.41. The van der Waals surface area contributed by atoms with E-state index in [2.05, 4.69) is 25.5 Å². The number of hydrogen-bond acceptors (Lipinski definition) is 4. The molecule has 0 unspecified atom stereocenters. The van der Waals surface area contributed by atoms with Gasteiger partial charge in [-0.25, -0.2) is 9.37 Å². The molecule has 0 aliphatic heterocycles. The number of aromatic amines is 2. The second-order valence-corrected chi connectivity index (χ2v) is 9.41. The number of amides is 1. The van der Waals surface area contributed by atoms with E-state index in [1.54, 1.807) is 30.6 Å². The number of benzene rings is 3. The van der Waals surface area contributed by atoms with Crippen LogP contribution in [0, 0.1) is 5.82 Å². The first-order chi connectivity index (χ1) is 19.6. The van der Waals surface area contributed by atoms with E-state index in [0.717, 1.165) is 38.8 Å². The highest BCUT2D eigenvalue weighted by atomic mass is 19.1. The van der Waals surface area contributed by atoms with Gasteiger partial charge in [-0.05, 0) is 65.7 Å². The molecule has 0 saturated carbocycles. The van der Waals surface area contributed by atoms with Gasteiger partial charge in [-0.15, -0.1) is 0 Å². The third-order valence-corrected chi connectivity index (χ3v) is 6.79. The molecule has 7 aromatic rings. The summed E-state index contributed by atoms with van der Waals surface area (Å²) in [7, 11) is 0. The summed E-state index contributed by atoms with van der Waals surface area (Å²) >= 11 is 0. The van der Waals surface area contributed by atoms with Gasteiger partial charge in [0.25, 0.3) is 5.91 Å². The number of rotatable bonds is 5. The molecule has 40 heavy (non-hydrogen) atoms. The van der Waals surface area contributed by atoms with Gasteiger partial charge in [-0.3, -0.25) is 14.9 Å². The summed E-state index contributed by atoms with van der Waals surface area (Å²) < 4.78 is 13.9. The van der Waals surface area contributed by atoms with Crippen LogP contribution in [0.2, 0.25) is 0 Å². The van der Waals surface area contributed by atoms with E-state index in [-0.39, 0.29) is 11.7 Å². The molecule has 0 saturated heterocycles. The molecule has 3 aromatic carbocycles. The fourth-order valence-electron chi connectivity index (χ4n) is 4.88. The lowest BCUT2D eigenvalue weighted by atomic mass is 10.0. The van der Waals surface area contributed by atoms with Crippen LogP contribution in [0.5, 0.6) is 0 Å². The number of H-pyrrole nitrogens is 2. The molecule has 0 fully saturated rings. The fraction of sp³-hybridized carbons (Fsp3) is 0. The molecular formula is C32H21FN6O. The summed E-state index contributed by atoms with van der Waals surface area (Å²) in [5.74, 6) is -0.491. The minimum atomic E-state index is -0.279. The summed E-state index contributed by atoms with van der Waals surface area (Å²) in [5.41, 5.74) is 8.14. The Morgan fingerprint density at radius 2 is 1.68 bits per heavy atom. The van der Waals surface area contributed by atoms with Crippen LogP contribution >= 0.6 is 0 Å². The standard InChI is InChI=1S/C32H21FN6O/c33-22-9-4-8-20(14-22)24-10-5-11-27-25(24)16-29(36-27)31-30-28(38-39-31)13-12-26(37-30)21-15-23(18-34-17-21)35-32(40)19-6-2-1-3-7-19/h1-18,36H,(H,35,40)(H,38,39). The summed E-state index contributed by atoms with van der Waals surface area (Å²) in [6.45, 7) is 0. The van der Waals surface area contributed by atoms with E-state index < -0.39 is 0 Å². The number of pyridine rings is 2. The van der Waals surface area contributed by atoms with Crippen molar-refractivity contribution in [2.75, 3.05) is 5.32 Å². The number of nitrogens with zero attached hydrogens (tertiary/aromatic N) is 3. The van der Waals surface area contributed by atoms with E-state index in [9.17, 15) is 9.18 Å². The van der Waals surface area contributed by atoms with Crippen LogP contribution in [0.15, 0.2) is 109 Å². The van der Waals surface area contributed by atoms with Crippen molar-refractivity contribution in [3.8, 4) is 33.8 Å². The summed E-state index contributed by atoms with van der Waals surface area (Å²) in [4.78, 5) is 25.3. The summed E-state index contributed by atoms with van der Waals surface area (Å²) in [6, 6.07) is 29.2. The van der Waals surface area contributed by atoms with E-state index in [1.807, 2.05) is 66.7 Å². The van der Waals surface area contributed by atoms with Crippen molar-refractivity contribution in [3.05, 3.63) is 121 Å². The summed E-state index contributed by atoms with van der Waals surface area (Å²) in [6.07, 6.45) is 3.31. The number of halogens is 1. The Bertz CT molecular complexity index is 2030. The number of fused-ring (bicyclic) bond motifs is 2. The average Bonchev–Trinajstić information content (AvgIpc) is 3.61. The van der Waals surface area contributed by atoms with Gasteiger partial charge in [0.15, 0.2) is 0 Å². The van der Waals surface area contributed by atoms with Crippen molar-refractivity contribution in [3.63, 3.8) is 0 Å². The van der Waals surface area contributed by atoms with Crippen LogP contribution in [0.25, 0.3) is 55.7 Å². The van der Waals surface area contributed by atoms with Gasteiger partial charge in [0.1, 0.15) is 17.0 Å². The van der Waals surface area contributed by atoms with Crippen LogP contribution in [-0.2, 0) is 0 Å². The Kier molecular flexibility index (Phi) is 5.63.